The van der Waals surface area contributed by atoms with Crippen molar-refractivity contribution in [2.75, 3.05) is 11.9 Å². The molecule has 1 heterocycles. The molecule has 8 heteroatoms. The van der Waals surface area contributed by atoms with Crippen LogP contribution in [0.2, 0.25) is 5.02 Å². The van der Waals surface area contributed by atoms with Crippen LogP contribution >= 0.6 is 27.5 Å². The van der Waals surface area contributed by atoms with E-state index in [2.05, 4.69) is 21.2 Å². The summed E-state index contributed by atoms with van der Waals surface area (Å²) in [5.41, 5.74) is -0.131. The van der Waals surface area contributed by atoms with Crippen LogP contribution in [0.5, 0.6) is 0 Å². The molecule has 0 bridgehead atoms. The number of aliphatic hydroxyl groups excluding tert-OH is 1. The highest BCUT2D eigenvalue weighted by Gasteiger charge is 2.40. The van der Waals surface area contributed by atoms with Gasteiger partial charge in [0.25, 0.3) is 0 Å². The maximum Gasteiger partial charge on any atom is 0.411 e. The van der Waals surface area contributed by atoms with Gasteiger partial charge in [0.05, 0.1) is 17.7 Å². The molecule has 0 radical (unpaired) electrons. The van der Waals surface area contributed by atoms with E-state index in [9.17, 15) is 14.7 Å². The van der Waals surface area contributed by atoms with Gasteiger partial charge < -0.3 is 15.2 Å². The second kappa shape index (κ2) is 7.29. The van der Waals surface area contributed by atoms with Crippen LogP contribution in [0.25, 0.3) is 0 Å². The number of carbonyl (C=O) groups excluding carboxylic acids is 2. The first-order valence-electron chi connectivity index (χ1n) is 7.50. The Morgan fingerprint density at radius 3 is 2.67 bits per heavy atom. The molecule has 1 aromatic carbocycles. The Kier molecular flexibility index (Phi) is 5.78. The van der Waals surface area contributed by atoms with E-state index in [0.717, 1.165) is 0 Å². The van der Waals surface area contributed by atoms with Gasteiger partial charge in [-0.3, -0.25) is 9.69 Å². The lowest BCUT2D eigenvalue weighted by molar-refractivity contribution is -0.120. The molecule has 1 aromatic rings. The van der Waals surface area contributed by atoms with Gasteiger partial charge in [-0.05, 0) is 54.9 Å². The normalized spacial score (nSPS) is 20.8. The standard InChI is InChI=1S/C16H20BrClN2O4/c1-16(2,3)24-15(23)20-8-10(21)7-13(20)14(22)19-9-4-5-12(18)11(17)6-9/h4-6,10,13,21H,7-8H2,1-3H3,(H,19,22)/t10-,13-/m0/s1. The zero-order valence-corrected chi connectivity index (χ0v) is 16.0. The molecule has 24 heavy (non-hydrogen) atoms. The molecule has 1 aliphatic rings. The maximum atomic E-state index is 12.5. The molecule has 1 aliphatic heterocycles. The Morgan fingerprint density at radius 1 is 1.42 bits per heavy atom. The average Bonchev–Trinajstić information content (AvgIpc) is 2.83. The van der Waals surface area contributed by atoms with Crippen LogP contribution in [0.1, 0.15) is 27.2 Å². The van der Waals surface area contributed by atoms with E-state index in [4.69, 9.17) is 16.3 Å². The number of nitrogens with zero attached hydrogens (tertiary/aromatic N) is 1. The Bertz CT molecular complexity index is 647. The molecule has 6 nitrogen and oxygen atoms in total. The quantitative estimate of drug-likeness (QED) is 0.770. The minimum atomic E-state index is -0.788. The summed E-state index contributed by atoms with van der Waals surface area (Å²) >= 11 is 9.22. The first-order chi connectivity index (χ1) is 11.1. The number of likely N-dealkylation sites (tertiary alicyclic amines) is 1. The predicted octanol–water partition coefficient (Wildman–Crippen LogP) is 3.41. The summed E-state index contributed by atoms with van der Waals surface area (Å²) in [7, 11) is 0. The molecule has 132 valence electrons. The second-order valence-electron chi connectivity index (χ2n) is 6.66. The van der Waals surface area contributed by atoms with Crippen molar-refractivity contribution in [2.45, 2.75) is 44.9 Å². The topological polar surface area (TPSA) is 78.9 Å². The van der Waals surface area contributed by atoms with E-state index >= 15 is 0 Å². The van der Waals surface area contributed by atoms with Gasteiger partial charge in [-0.25, -0.2) is 4.79 Å². The summed E-state index contributed by atoms with van der Waals surface area (Å²) in [5, 5.41) is 13.1. The summed E-state index contributed by atoms with van der Waals surface area (Å²) in [6.07, 6.45) is -1.21. The van der Waals surface area contributed by atoms with E-state index < -0.39 is 23.8 Å². The van der Waals surface area contributed by atoms with Crippen LogP contribution in [-0.2, 0) is 9.53 Å². The molecular weight excluding hydrogens is 400 g/mol. The highest BCUT2D eigenvalue weighted by atomic mass is 79.9. The maximum absolute atomic E-state index is 12.5. The number of nitrogens with one attached hydrogen (secondary N) is 1. The molecule has 2 amide bonds. The van der Waals surface area contributed by atoms with E-state index in [0.29, 0.717) is 15.2 Å². The van der Waals surface area contributed by atoms with Gasteiger partial charge in [-0.1, -0.05) is 11.6 Å². The van der Waals surface area contributed by atoms with E-state index in [1.54, 1.807) is 39.0 Å². The van der Waals surface area contributed by atoms with Crippen molar-refractivity contribution in [2.24, 2.45) is 0 Å². The van der Waals surface area contributed by atoms with Crippen LogP contribution in [0.15, 0.2) is 22.7 Å². The molecule has 1 fully saturated rings. The summed E-state index contributed by atoms with van der Waals surface area (Å²) in [4.78, 5) is 26.0. The van der Waals surface area contributed by atoms with Crippen molar-refractivity contribution in [3.05, 3.63) is 27.7 Å². The Balaban J connectivity index is 2.10. The average molecular weight is 420 g/mol. The van der Waals surface area contributed by atoms with Gasteiger partial charge in [0.1, 0.15) is 11.6 Å². The number of carbonyl (C=O) groups is 2. The molecule has 2 rings (SSSR count). The van der Waals surface area contributed by atoms with Crippen molar-refractivity contribution in [3.63, 3.8) is 0 Å². The van der Waals surface area contributed by atoms with Crippen LogP contribution in [-0.4, -0.2) is 46.3 Å². The number of rotatable bonds is 2. The summed E-state index contributed by atoms with van der Waals surface area (Å²) in [6.45, 7) is 5.31. The van der Waals surface area contributed by atoms with Crippen LogP contribution in [0, 0.1) is 0 Å². The first-order valence-corrected chi connectivity index (χ1v) is 8.67. The smallest absolute Gasteiger partial charge is 0.411 e. The van der Waals surface area contributed by atoms with Gasteiger partial charge in [-0.2, -0.15) is 0 Å². The lowest BCUT2D eigenvalue weighted by Crippen LogP contribution is -2.45. The van der Waals surface area contributed by atoms with Crippen molar-refractivity contribution in [3.8, 4) is 0 Å². The Morgan fingerprint density at radius 2 is 2.08 bits per heavy atom. The first kappa shape index (κ1) is 19.0. The molecule has 0 aromatic heterocycles. The third kappa shape index (κ3) is 4.84. The summed E-state index contributed by atoms with van der Waals surface area (Å²) in [5.74, 6) is -0.383. The molecular formula is C16H20BrClN2O4. The minimum Gasteiger partial charge on any atom is -0.444 e. The van der Waals surface area contributed by atoms with Crippen LogP contribution < -0.4 is 5.32 Å². The fourth-order valence-electron chi connectivity index (χ4n) is 2.38. The van der Waals surface area contributed by atoms with Gasteiger partial charge >= 0.3 is 6.09 Å². The SMILES string of the molecule is CC(C)(C)OC(=O)N1C[C@@H](O)C[C@H]1C(=O)Nc1ccc(Cl)c(Br)c1. The lowest BCUT2D eigenvalue weighted by atomic mass is 10.2. The molecule has 0 unspecified atom stereocenters. The molecule has 2 atom stereocenters. The number of hydrogen-bond acceptors (Lipinski definition) is 4. The molecule has 1 saturated heterocycles. The number of anilines is 1. The van der Waals surface area contributed by atoms with Crippen LogP contribution in [0.4, 0.5) is 10.5 Å². The second-order valence-corrected chi connectivity index (χ2v) is 7.92. The van der Waals surface area contributed by atoms with Crippen molar-refractivity contribution >= 4 is 45.2 Å². The zero-order valence-electron chi connectivity index (χ0n) is 13.7. The van der Waals surface area contributed by atoms with Gasteiger partial charge in [0.2, 0.25) is 5.91 Å². The van der Waals surface area contributed by atoms with Crippen molar-refractivity contribution < 1.29 is 19.4 Å². The molecule has 0 spiro atoms. The fraction of sp³-hybridized carbons (Fsp3) is 0.500. The third-order valence-electron chi connectivity index (χ3n) is 3.40. The lowest BCUT2D eigenvalue weighted by Gasteiger charge is -2.27. The van der Waals surface area contributed by atoms with E-state index in [-0.39, 0.29) is 18.9 Å². The van der Waals surface area contributed by atoms with Crippen molar-refractivity contribution in [1.82, 2.24) is 4.90 Å². The number of halogens is 2. The van der Waals surface area contributed by atoms with Crippen molar-refractivity contribution in [1.29, 1.82) is 0 Å². The number of β-amino-alcohol motifs (C(OH)–C–C–N with tert-alkyl or cyclic N) is 1. The number of aliphatic hydroxyl groups is 1. The highest BCUT2D eigenvalue weighted by Crippen LogP contribution is 2.27. The van der Waals surface area contributed by atoms with Gasteiger partial charge in [0.15, 0.2) is 0 Å². The Labute approximate surface area is 154 Å². The fourth-order valence-corrected chi connectivity index (χ4v) is 2.88. The van der Waals surface area contributed by atoms with E-state index in [1.165, 1.54) is 4.90 Å². The summed E-state index contributed by atoms with van der Waals surface area (Å²) in [6, 6.07) is 4.19. The largest absolute Gasteiger partial charge is 0.444 e. The van der Waals surface area contributed by atoms with Crippen LogP contribution in [0.3, 0.4) is 0 Å². The number of benzene rings is 1. The molecule has 2 N–H and O–H groups in total. The molecule has 0 aliphatic carbocycles. The monoisotopic (exact) mass is 418 g/mol. The predicted molar refractivity (Wildman–Crippen MR) is 95.1 cm³/mol. The number of amides is 2. The van der Waals surface area contributed by atoms with E-state index in [1.807, 2.05) is 0 Å². The molecule has 0 saturated carbocycles. The highest BCUT2D eigenvalue weighted by molar-refractivity contribution is 9.10. The minimum absolute atomic E-state index is 0.0668. The zero-order chi connectivity index (χ0) is 18.1. The Hall–Kier alpha value is -1.31. The number of hydrogen-bond donors (Lipinski definition) is 2. The summed E-state index contributed by atoms with van der Waals surface area (Å²) < 4.78 is 5.96. The third-order valence-corrected chi connectivity index (χ3v) is 4.61. The number of ether oxygens (including phenoxy) is 1. The van der Waals surface area contributed by atoms with Gasteiger partial charge in [-0.15, -0.1) is 0 Å². The van der Waals surface area contributed by atoms with Gasteiger partial charge in [0, 0.05) is 16.6 Å².